The lowest BCUT2D eigenvalue weighted by atomic mass is 10.1. The fraction of sp³-hybridized carbons (Fsp3) is 0.227. The molecule has 3 aromatic rings. The number of benzene rings is 2. The van der Waals surface area contributed by atoms with Crippen molar-refractivity contribution in [2.45, 2.75) is 30.0 Å². The standard InChI is InChI=1S/C22H20N2O3S/c1-16(28-17-8-3-2-4-9-17)22(26)27-15-21(25)19-14-24(13-7-12-23)20-11-6-5-10-18(19)20/h2-6,8-11,14,16H,7,13,15H2,1H3. The number of hydrogen-bond acceptors (Lipinski definition) is 5. The van der Waals surface area contributed by atoms with Crippen LogP contribution in [0.1, 0.15) is 23.7 Å². The third kappa shape index (κ3) is 4.62. The Labute approximate surface area is 167 Å². The first-order valence-electron chi connectivity index (χ1n) is 8.96. The smallest absolute Gasteiger partial charge is 0.319 e. The van der Waals surface area contributed by atoms with Crippen molar-refractivity contribution in [2.24, 2.45) is 0 Å². The average molecular weight is 392 g/mol. The number of nitriles is 1. The van der Waals surface area contributed by atoms with Crippen LogP contribution in [0.15, 0.2) is 65.7 Å². The number of fused-ring (bicyclic) bond motifs is 1. The van der Waals surface area contributed by atoms with Gasteiger partial charge in [0, 0.05) is 34.1 Å². The van der Waals surface area contributed by atoms with Gasteiger partial charge in [0.05, 0.1) is 12.5 Å². The number of aromatic nitrogens is 1. The van der Waals surface area contributed by atoms with E-state index in [1.165, 1.54) is 11.8 Å². The zero-order valence-corrected chi connectivity index (χ0v) is 16.3. The Kier molecular flexibility index (Phi) is 6.51. The van der Waals surface area contributed by atoms with E-state index >= 15 is 0 Å². The van der Waals surface area contributed by atoms with E-state index in [0.717, 1.165) is 15.8 Å². The fourth-order valence-corrected chi connectivity index (χ4v) is 3.79. The molecule has 0 spiro atoms. The van der Waals surface area contributed by atoms with Gasteiger partial charge in [0.2, 0.25) is 5.78 Å². The lowest BCUT2D eigenvalue weighted by molar-refractivity contribution is -0.141. The minimum atomic E-state index is -0.421. The Morgan fingerprint density at radius 2 is 1.86 bits per heavy atom. The molecule has 28 heavy (non-hydrogen) atoms. The van der Waals surface area contributed by atoms with Gasteiger partial charge in [-0.1, -0.05) is 36.4 Å². The van der Waals surface area contributed by atoms with Crippen LogP contribution in [0.3, 0.4) is 0 Å². The van der Waals surface area contributed by atoms with E-state index in [4.69, 9.17) is 10.00 Å². The van der Waals surface area contributed by atoms with Crippen molar-refractivity contribution in [1.29, 1.82) is 5.26 Å². The number of thioether (sulfide) groups is 1. The monoisotopic (exact) mass is 392 g/mol. The molecule has 0 N–H and O–H groups in total. The maximum absolute atomic E-state index is 12.7. The molecule has 0 saturated heterocycles. The molecule has 2 aromatic carbocycles. The van der Waals surface area contributed by atoms with Crippen LogP contribution >= 0.6 is 11.8 Å². The van der Waals surface area contributed by atoms with Crippen LogP contribution in [-0.4, -0.2) is 28.2 Å². The number of esters is 1. The van der Waals surface area contributed by atoms with Crippen molar-refractivity contribution in [1.82, 2.24) is 4.57 Å². The largest absolute Gasteiger partial charge is 0.456 e. The first kappa shape index (κ1) is 19.7. The number of rotatable bonds is 8. The Balaban J connectivity index is 1.66. The number of carbonyl (C=O) groups is 2. The van der Waals surface area contributed by atoms with Gasteiger partial charge in [-0.15, -0.1) is 11.8 Å². The Hall–Kier alpha value is -3.04. The number of hydrogen-bond donors (Lipinski definition) is 0. The summed E-state index contributed by atoms with van der Waals surface area (Å²) in [5, 5.41) is 9.22. The minimum Gasteiger partial charge on any atom is -0.456 e. The molecule has 1 unspecified atom stereocenters. The fourth-order valence-electron chi connectivity index (χ4n) is 2.91. The van der Waals surface area contributed by atoms with Crippen molar-refractivity contribution in [2.75, 3.05) is 6.61 Å². The molecule has 0 fully saturated rings. The Morgan fingerprint density at radius 1 is 1.14 bits per heavy atom. The van der Waals surface area contributed by atoms with E-state index in [1.807, 2.05) is 59.2 Å². The molecule has 142 valence electrons. The molecule has 0 radical (unpaired) electrons. The first-order chi connectivity index (χ1) is 13.6. The average Bonchev–Trinajstić information content (AvgIpc) is 3.09. The van der Waals surface area contributed by atoms with E-state index in [9.17, 15) is 9.59 Å². The van der Waals surface area contributed by atoms with Gasteiger partial charge < -0.3 is 9.30 Å². The maximum Gasteiger partial charge on any atom is 0.319 e. The van der Waals surface area contributed by atoms with E-state index in [-0.39, 0.29) is 12.4 Å². The molecule has 1 aromatic heterocycles. The van der Waals surface area contributed by atoms with Crippen molar-refractivity contribution in [3.8, 4) is 6.07 Å². The number of para-hydroxylation sites is 1. The van der Waals surface area contributed by atoms with Gasteiger partial charge in [0.1, 0.15) is 5.25 Å². The quantitative estimate of drug-likeness (QED) is 0.321. The highest BCUT2D eigenvalue weighted by molar-refractivity contribution is 8.00. The number of ketones is 1. The third-order valence-corrected chi connectivity index (χ3v) is 5.38. The summed E-state index contributed by atoms with van der Waals surface area (Å²) in [7, 11) is 0. The molecule has 1 atom stereocenters. The molecule has 0 aliphatic carbocycles. The highest BCUT2D eigenvalue weighted by atomic mass is 32.2. The van der Waals surface area contributed by atoms with Gasteiger partial charge in [-0.2, -0.15) is 5.26 Å². The topological polar surface area (TPSA) is 72.1 Å². The molecular formula is C22H20N2O3S. The normalized spacial score (nSPS) is 11.7. The summed E-state index contributed by atoms with van der Waals surface area (Å²) in [5.74, 6) is -0.674. The van der Waals surface area contributed by atoms with Gasteiger partial charge in [-0.05, 0) is 25.1 Å². The zero-order valence-electron chi connectivity index (χ0n) is 15.5. The summed E-state index contributed by atoms with van der Waals surface area (Å²) in [6.45, 7) is 1.97. The van der Waals surface area contributed by atoms with Crippen molar-refractivity contribution < 1.29 is 14.3 Å². The number of nitrogens with zero attached hydrogens (tertiary/aromatic N) is 2. The molecule has 0 saturated carbocycles. The molecular weight excluding hydrogens is 372 g/mol. The predicted molar refractivity (Wildman–Crippen MR) is 109 cm³/mol. The van der Waals surface area contributed by atoms with Crippen LogP contribution in [-0.2, 0) is 16.1 Å². The summed E-state index contributed by atoms with van der Waals surface area (Å²) in [4.78, 5) is 25.9. The zero-order chi connectivity index (χ0) is 19.9. The molecule has 0 amide bonds. The second-order valence-electron chi connectivity index (χ2n) is 6.27. The van der Waals surface area contributed by atoms with Crippen LogP contribution in [0.25, 0.3) is 10.9 Å². The molecule has 0 aliphatic rings. The molecule has 6 heteroatoms. The second-order valence-corrected chi connectivity index (χ2v) is 7.68. The Morgan fingerprint density at radius 3 is 2.61 bits per heavy atom. The highest BCUT2D eigenvalue weighted by Crippen LogP contribution is 2.24. The van der Waals surface area contributed by atoms with E-state index in [2.05, 4.69) is 6.07 Å². The molecule has 0 aliphatic heterocycles. The summed E-state index contributed by atoms with van der Waals surface area (Å²) in [6.07, 6.45) is 2.09. The second kappa shape index (κ2) is 9.25. The Bertz CT molecular complexity index is 1020. The van der Waals surface area contributed by atoms with Gasteiger partial charge in [0.25, 0.3) is 0 Å². The minimum absolute atomic E-state index is 0.253. The van der Waals surface area contributed by atoms with E-state index in [0.29, 0.717) is 18.5 Å². The van der Waals surface area contributed by atoms with Crippen molar-refractivity contribution in [3.05, 3.63) is 66.4 Å². The summed E-state index contributed by atoms with van der Waals surface area (Å²) >= 11 is 1.39. The maximum atomic E-state index is 12.7. The summed E-state index contributed by atoms with van der Waals surface area (Å²) in [5.41, 5.74) is 1.39. The first-order valence-corrected chi connectivity index (χ1v) is 9.84. The van der Waals surface area contributed by atoms with Crippen LogP contribution in [0.5, 0.6) is 0 Å². The SMILES string of the molecule is CC(Sc1ccccc1)C(=O)OCC(=O)c1cn(CCC#N)c2ccccc12. The molecule has 5 nitrogen and oxygen atoms in total. The molecule has 0 bridgehead atoms. The number of carbonyl (C=O) groups excluding carboxylic acids is 2. The third-order valence-electron chi connectivity index (χ3n) is 4.29. The van der Waals surface area contributed by atoms with Gasteiger partial charge in [-0.25, -0.2) is 0 Å². The summed E-state index contributed by atoms with van der Waals surface area (Å²) in [6, 6.07) is 19.2. The van der Waals surface area contributed by atoms with Crippen LogP contribution in [0, 0.1) is 11.3 Å². The predicted octanol–water partition coefficient (Wildman–Crippen LogP) is 4.46. The van der Waals surface area contributed by atoms with Gasteiger partial charge in [0.15, 0.2) is 6.61 Å². The lowest BCUT2D eigenvalue weighted by Crippen LogP contribution is -2.21. The van der Waals surface area contributed by atoms with Crippen LogP contribution in [0.2, 0.25) is 0 Å². The van der Waals surface area contributed by atoms with Gasteiger partial charge >= 0.3 is 5.97 Å². The van der Waals surface area contributed by atoms with Crippen molar-refractivity contribution in [3.63, 3.8) is 0 Å². The number of ether oxygens (including phenoxy) is 1. The van der Waals surface area contributed by atoms with Crippen LogP contribution < -0.4 is 0 Å². The van der Waals surface area contributed by atoms with E-state index < -0.39 is 11.2 Å². The van der Waals surface area contributed by atoms with Crippen molar-refractivity contribution >= 4 is 34.4 Å². The van der Waals surface area contributed by atoms with Gasteiger partial charge in [-0.3, -0.25) is 9.59 Å². The van der Waals surface area contributed by atoms with E-state index in [1.54, 1.807) is 13.1 Å². The molecule has 1 heterocycles. The molecule has 3 rings (SSSR count). The highest BCUT2D eigenvalue weighted by Gasteiger charge is 2.20. The number of aryl methyl sites for hydroxylation is 1. The van der Waals surface area contributed by atoms with Crippen LogP contribution in [0.4, 0.5) is 0 Å². The lowest BCUT2D eigenvalue weighted by Gasteiger charge is -2.10. The summed E-state index contributed by atoms with van der Waals surface area (Å²) < 4.78 is 7.15. The number of Topliss-reactive ketones (excluding diaryl/α,β-unsaturated/α-hetero) is 1.